The summed E-state index contributed by atoms with van der Waals surface area (Å²) in [6, 6.07) is 9.89. The van der Waals surface area contributed by atoms with Gasteiger partial charge in [0, 0.05) is 18.7 Å². The summed E-state index contributed by atoms with van der Waals surface area (Å²) in [4.78, 5) is 15.9. The van der Waals surface area contributed by atoms with Gasteiger partial charge < -0.3 is 9.09 Å². The molecule has 5 nitrogen and oxygen atoms in total. The van der Waals surface area contributed by atoms with Crippen LogP contribution in [0.3, 0.4) is 0 Å². The highest BCUT2D eigenvalue weighted by atomic mass is 35.5. The van der Waals surface area contributed by atoms with Crippen molar-refractivity contribution in [2.75, 3.05) is 0 Å². The molecule has 0 saturated carbocycles. The summed E-state index contributed by atoms with van der Waals surface area (Å²) < 4.78 is 6.65. The van der Waals surface area contributed by atoms with Gasteiger partial charge in [0.15, 0.2) is 0 Å². The van der Waals surface area contributed by atoms with E-state index < -0.39 is 0 Å². The van der Waals surface area contributed by atoms with Gasteiger partial charge >= 0.3 is 0 Å². The normalized spacial score (nSPS) is 10.8. The predicted octanol–water partition coefficient (Wildman–Crippen LogP) is 3.41. The Hall–Kier alpha value is -2.11. The topological polar surface area (TPSA) is 60.9 Å². The monoisotopic (exact) mass is 321 g/mol. The fourth-order valence-corrected chi connectivity index (χ4v) is 2.16. The molecule has 0 saturated heterocycles. The number of halogens is 2. The van der Waals surface area contributed by atoms with Gasteiger partial charge in [0.2, 0.25) is 5.82 Å². The van der Waals surface area contributed by atoms with Crippen molar-refractivity contribution >= 4 is 23.2 Å². The second kappa shape index (κ2) is 5.35. The fraction of sp³-hybridized carbons (Fsp3) is 0.0714. The van der Waals surface area contributed by atoms with Crippen molar-refractivity contribution in [1.29, 1.82) is 0 Å². The number of rotatable bonds is 2. The largest absolute Gasteiger partial charge is 0.332 e. The Balaban J connectivity index is 2.05. The van der Waals surface area contributed by atoms with E-state index in [1.807, 2.05) is 0 Å². The molecule has 0 aliphatic heterocycles. The molecule has 0 aliphatic rings. The lowest BCUT2D eigenvalue weighted by molar-refractivity contribution is 0.429. The molecular weight excluding hydrogens is 313 g/mol. The van der Waals surface area contributed by atoms with Gasteiger partial charge in [0.1, 0.15) is 5.69 Å². The molecular formula is C14H9Cl2N3O2. The van der Waals surface area contributed by atoms with Gasteiger partial charge in [0.05, 0.1) is 10.0 Å². The number of hydrogen-bond donors (Lipinski definition) is 0. The van der Waals surface area contributed by atoms with Crippen LogP contribution in [0.25, 0.3) is 23.0 Å². The first-order valence-corrected chi connectivity index (χ1v) is 6.77. The average Bonchev–Trinajstić information content (AvgIpc) is 2.94. The molecule has 2 aromatic heterocycles. The van der Waals surface area contributed by atoms with Crippen LogP contribution >= 0.6 is 23.2 Å². The fourth-order valence-electron chi connectivity index (χ4n) is 1.86. The summed E-state index contributed by atoms with van der Waals surface area (Å²) in [5, 5.41) is 4.76. The van der Waals surface area contributed by atoms with Crippen LogP contribution in [-0.4, -0.2) is 14.7 Å². The maximum atomic E-state index is 11.6. The molecule has 0 aliphatic carbocycles. The van der Waals surface area contributed by atoms with Gasteiger partial charge in [-0.2, -0.15) is 4.98 Å². The molecule has 2 heterocycles. The highest BCUT2D eigenvalue weighted by Crippen LogP contribution is 2.28. The smallest absolute Gasteiger partial charge is 0.274 e. The Bertz CT molecular complexity index is 871. The van der Waals surface area contributed by atoms with E-state index in [-0.39, 0.29) is 11.4 Å². The first-order chi connectivity index (χ1) is 10.1. The minimum atomic E-state index is -0.151. The minimum Gasteiger partial charge on any atom is -0.332 e. The van der Waals surface area contributed by atoms with E-state index in [1.165, 1.54) is 10.6 Å². The molecule has 0 spiro atoms. The molecule has 21 heavy (non-hydrogen) atoms. The number of hydrogen-bond acceptors (Lipinski definition) is 4. The Kier molecular flexibility index (Phi) is 3.53. The Labute approximate surface area is 129 Å². The molecule has 0 unspecified atom stereocenters. The standard InChI is InChI=1S/C14H9Cl2N3O2/c1-19-11(3-2-4-12(19)20)14-17-13(18-21-14)8-5-6-9(15)10(16)7-8/h2-7H,1H3. The lowest BCUT2D eigenvalue weighted by atomic mass is 10.2. The first kappa shape index (κ1) is 13.9. The van der Waals surface area contributed by atoms with E-state index in [0.717, 1.165) is 0 Å². The van der Waals surface area contributed by atoms with Crippen molar-refractivity contribution in [3.05, 3.63) is 56.8 Å². The van der Waals surface area contributed by atoms with Crippen LogP contribution in [0.5, 0.6) is 0 Å². The third kappa shape index (κ3) is 2.57. The molecule has 7 heteroatoms. The summed E-state index contributed by atoms with van der Waals surface area (Å²) >= 11 is 11.8. The molecule has 0 bridgehead atoms. The lowest BCUT2D eigenvalue weighted by Gasteiger charge is -2.01. The van der Waals surface area contributed by atoms with Crippen LogP contribution in [0.1, 0.15) is 0 Å². The van der Waals surface area contributed by atoms with E-state index in [0.29, 0.717) is 27.1 Å². The van der Waals surface area contributed by atoms with Gasteiger partial charge in [-0.1, -0.05) is 34.4 Å². The quantitative estimate of drug-likeness (QED) is 0.725. The van der Waals surface area contributed by atoms with E-state index in [2.05, 4.69) is 10.1 Å². The zero-order chi connectivity index (χ0) is 15.0. The maximum Gasteiger partial charge on any atom is 0.274 e. The number of nitrogens with zero attached hydrogens (tertiary/aromatic N) is 3. The predicted molar refractivity (Wildman–Crippen MR) is 80.4 cm³/mol. The second-order valence-electron chi connectivity index (χ2n) is 4.36. The van der Waals surface area contributed by atoms with Gasteiger partial charge in [-0.05, 0) is 24.3 Å². The summed E-state index contributed by atoms with van der Waals surface area (Å²) in [5.74, 6) is 0.635. The molecule has 106 valence electrons. The second-order valence-corrected chi connectivity index (χ2v) is 5.17. The van der Waals surface area contributed by atoms with Gasteiger partial charge in [-0.15, -0.1) is 0 Å². The van der Waals surface area contributed by atoms with Gasteiger partial charge in [-0.3, -0.25) is 4.79 Å². The average molecular weight is 322 g/mol. The SMILES string of the molecule is Cn1c(-c2nc(-c3ccc(Cl)c(Cl)c3)no2)cccc1=O. The summed E-state index contributed by atoms with van der Waals surface area (Å²) in [6.07, 6.45) is 0. The van der Waals surface area contributed by atoms with Crippen LogP contribution in [0.2, 0.25) is 10.0 Å². The van der Waals surface area contributed by atoms with E-state index in [9.17, 15) is 4.79 Å². The Morgan fingerprint density at radius 2 is 1.95 bits per heavy atom. The van der Waals surface area contributed by atoms with Gasteiger partial charge in [-0.25, -0.2) is 0 Å². The molecule has 0 atom stereocenters. The van der Waals surface area contributed by atoms with Crippen molar-refractivity contribution in [2.24, 2.45) is 7.05 Å². The highest BCUT2D eigenvalue weighted by Gasteiger charge is 2.14. The van der Waals surface area contributed by atoms with Crippen molar-refractivity contribution in [3.63, 3.8) is 0 Å². The van der Waals surface area contributed by atoms with Crippen LogP contribution in [-0.2, 0) is 7.05 Å². The van der Waals surface area contributed by atoms with Crippen LogP contribution < -0.4 is 5.56 Å². The van der Waals surface area contributed by atoms with E-state index >= 15 is 0 Å². The minimum absolute atomic E-state index is 0.151. The summed E-state index contributed by atoms with van der Waals surface area (Å²) in [6.45, 7) is 0. The molecule has 0 fully saturated rings. The molecule has 1 aromatic carbocycles. The van der Waals surface area contributed by atoms with E-state index in [4.69, 9.17) is 27.7 Å². The molecule has 0 N–H and O–H groups in total. The van der Waals surface area contributed by atoms with Crippen molar-refractivity contribution < 1.29 is 4.52 Å². The summed E-state index contributed by atoms with van der Waals surface area (Å²) in [7, 11) is 1.64. The first-order valence-electron chi connectivity index (χ1n) is 6.02. The zero-order valence-electron chi connectivity index (χ0n) is 10.9. The lowest BCUT2D eigenvalue weighted by Crippen LogP contribution is -2.16. The van der Waals surface area contributed by atoms with Crippen molar-refractivity contribution in [3.8, 4) is 23.0 Å². The molecule has 0 amide bonds. The van der Waals surface area contributed by atoms with Crippen LogP contribution in [0.4, 0.5) is 0 Å². The number of benzene rings is 1. The molecule has 3 aromatic rings. The third-order valence-corrected chi connectivity index (χ3v) is 3.75. The van der Waals surface area contributed by atoms with Gasteiger partial charge in [0.25, 0.3) is 11.4 Å². The number of aromatic nitrogens is 3. The number of pyridine rings is 1. The van der Waals surface area contributed by atoms with Crippen LogP contribution in [0, 0.1) is 0 Å². The van der Waals surface area contributed by atoms with Crippen molar-refractivity contribution in [2.45, 2.75) is 0 Å². The maximum absolute atomic E-state index is 11.6. The zero-order valence-corrected chi connectivity index (χ0v) is 12.4. The molecule has 0 radical (unpaired) electrons. The Morgan fingerprint density at radius 3 is 2.71 bits per heavy atom. The van der Waals surface area contributed by atoms with Crippen LogP contribution in [0.15, 0.2) is 45.7 Å². The van der Waals surface area contributed by atoms with E-state index in [1.54, 1.807) is 37.4 Å². The highest BCUT2D eigenvalue weighted by molar-refractivity contribution is 6.42. The molecule has 3 rings (SSSR count). The Morgan fingerprint density at radius 1 is 1.14 bits per heavy atom. The summed E-state index contributed by atoms with van der Waals surface area (Å²) in [5.41, 5.74) is 1.07. The third-order valence-electron chi connectivity index (χ3n) is 3.01. The van der Waals surface area contributed by atoms with Crippen molar-refractivity contribution in [1.82, 2.24) is 14.7 Å².